The summed E-state index contributed by atoms with van der Waals surface area (Å²) in [4.78, 5) is 34.9. The van der Waals surface area contributed by atoms with Gasteiger partial charge < -0.3 is 9.88 Å². The number of aromatic nitrogens is 2. The summed E-state index contributed by atoms with van der Waals surface area (Å²) in [6.45, 7) is 1.66. The Bertz CT molecular complexity index is 1110. The number of carbonyl (C=O) groups is 1. The summed E-state index contributed by atoms with van der Waals surface area (Å²) in [5.74, 6) is 0.718. The van der Waals surface area contributed by atoms with Gasteiger partial charge >= 0.3 is 0 Å². The molecule has 0 bridgehead atoms. The molecule has 8 nitrogen and oxygen atoms in total. The highest BCUT2D eigenvalue weighted by atomic mass is 32.2. The van der Waals surface area contributed by atoms with Crippen molar-refractivity contribution in [2.75, 3.05) is 25.9 Å². The Morgan fingerprint density at radius 1 is 1.23 bits per heavy atom. The van der Waals surface area contributed by atoms with Crippen molar-refractivity contribution in [1.82, 2.24) is 19.2 Å². The third kappa shape index (κ3) is 5.04. The van der Waals surface area contributed by atoms with E-state index >= 15 is 0 Å². The number of rotatable bonds is 5. The van der Waals surface area contributed by atoms with Crippen molar-refractivity contribution < 1.29 is 13.2 Å². The molecule has 1 aromatic heterocycles. The zero-order valence-corrected chi connectivity index (χ0v) is 18.5. The van der Waals surface area contributed by atoms with Crippen molar-refractivity contribution in [3.8, 4) is 0 Å². The molecule has 0 aliphatic carbocycles. The number of piperidine rings is 1. The zero-order chi connectivity index (χ0) is 22.0. The van der Waals surface area contributed by atoms with E-state index in [-0.39, 0.29) is 23.9 Å². The second-order valence-corrected chi connectivity index (χ2v) is 10.4. The minimum absolute atomic E-state index is 0.0136. The topological polar surface area (TPSA) is 103 Å². The number of aromatic amines is 1. The van der Waals surface area contributed by atoms with Gasteiger partial charge in [-0.25, -0.2) is 13.4 Å². The number of aryl methyl sites for hydroxylation is 1. The lowest BCUT2D eigenvalue weighted by atomic mass is 9.96. The Kier molecular flexibility index (Phi) is 6.24. The Balaban J connectivity index is 1.44. The Morgan fingerprint density at radius 3 is 2.74 bits per heavy atom. The van der Waals surface area contributed by atoms with Gasteiger partial charge in [-0.3, -0.25) is 9.59 Å². The largest absolute Gasteiger partial charge is 0.342 e. The Morgan fingerprint density at radius 2 is 2.00 bits per heavy atom. The van der Waals surface area contributed by atoms with E-state index in [4.69, 9.17) is 0 Å². The van der Waals surface area contributed by atoms with E-state index in [2.05, 4.69) is 9.97 Å². The van der Waals surface area contributed by atoms with E-state index in [0.29, 0.717) is 49.4 Å². The maximum Gasteiger partial charge on any atom is 0.255 e. The van der Waals surface area contributed by atoms with Gasteiger partial charge in [0.05, 0.1) is 17.5 Å². The fourth-order valence-corrected chi connectivity index (χ4v) is 5.16. The highest BCUT2D eigenvalue weighted by Gasteiger charge is 2.30. The van der Waals surface area contributed by atoms with E-state index in [1.54, 1.807) is 0 Å². The Hall–Kier alpha value is -2.52. The van der Waals surface area contributed by atoms with Gasteiger partial charge in [0.2, 0.25) is 15.9 Å². The van der Waals surface area contributed by atoms with Crippen LogP contribution in [0, 0.1) is 0 Å². The van der Waals surface area contributed by atoms with Crippen molar-refractivity contribution in [1.29, 1.82) is 0 Å². The predicted octanol–water partition coefficient (Wildman–Crippen LogP) is 1.43. The van der Waals surface area contributed by atoms with E-state index in [0.717, 1.165) is 31.2 Å². The first kappa shape index (κ1) is 21.7. The molecule has 1 aromatic carbocycles. The van der Waals surface area contributed by atoms with Crippen LogP contribution in [-0.4, -0.2) is 59.4 Å². The highest BCUT2D eigenvalue weighted by molar-refractivity contribution is 7.88. The van der Waals surface area contributed by atoms with Gasteiger partial charge in [0.15, 0.2) is 0 Å². The molecule has 1 N–H and O–H groups in total. The summed E-state index contributed by atoms with van der Waals surface area (Å²) in [6.07, 6.45) is 4.48. The Labute approximate surface area is 182 Å². The molecule has 9 heteroatoms. The van der Waals surface area contributed by atoms with Crippen molar-refractivity contribution in [3.63, 3.8) is 0 Å². The molecule has 166 valence electrons. The lowest BCUT2D eigenvalue weighted by molar-refractivity contribution is -0.132. The second kappa shape index (κ2) is 8.92. The average Bonchev–Trinajstić information content (AvgIpc) is 2.77. The van der Waals surface area contributed by atoms with Crippen LogP contribution in [0.1, 0.15) is 47.8 Å². The summed E-state index contributed by atoms with van der Waals surface area (Å²) in [5, 5.41) is 0. The number of amides is 1. The summed E-state index contributed by atoms with van der Waals surface area (Å²) in [6, 6.07) is 9.97. The van der Waals surface area contributed by atoms with Crippen LogP contribution in [0.15, 0.2) is 35.1 Å². The van der Waals surface area contributed by atoms with Crippen LogP contribution >= 0.6 is 0 Å². The number of H-pyrrole nitrogens is 1. The van der Waals surface area contributed by atoms with Gasteiger partial charge in [0.1, 0.15) is 5.82 Å². The average molecular weight is 445 g/mol. The maximum absolute atomic E-state index is 12.7. The smallest absolute Gasteiger partial charge is 0.255 e. The molecule has 0 spiro atoms. The van der Waals surface area contributed by atoms with Gasteiger partial charge in [-0.15, -0.1) is 0 Å². The SMILES string of the molecule is CS(=O)(=O)N1CCc2nc([C@@H]3CCCN(C(=O)CCc4ccccc4)C3)[nH]c(=O)c2C1. The normalized spacial score (nSPS) is 19.8. The molecule has 3 heterocycles. The van der Waals surface area contributed by atoms with Gasteiger partial charge in [-0.1, -0.05) is 30.3 Å². The first-order valence-corrected chi connectivity index (χ1v) is 12.5. The highest BCUT2D eigenvalue weighted by Crippen LogP contribution is 2.26. The number of benzene rings is 1. The molecule has 2 aromatic rings. The van der Waals surface area contributed by atoms with Crippen LogP contribution in [0.2, 0.25) is 0 Å². The molecule has 4 rings (SSSR count). The minimum Gasteiger partial charge on any atom is -0.342 e. The minimum atomic E-state index is -3.35. The number of carbonyl (C=O) groups excluding carboxylic acids is 1. The van der Waals surface area contributed by atoms with Gasteiger partial charge in [0, 0.05) is 44.9 Å². The summed E-state index contributed by atoms with van der Waals surface area (Å²) in [5.41, 5.74) is 1.97. The van der Waals surface area contributed by atoms with E-state index in [1.807, 2.05) is 35.2 Å². The number of fused-ring (bicyclic) bond motifs is 1. The first-order valence-electron chi connectivity index (χ1n) is 10.7. The molecule has 2 aliphatic heterocycles. The molecule has 31 heavy (non-hydrogen) atoms. The molecule has 1 fully saturated rings. The fraction of sp³-hybridized carbons (Fsp3) is 0.500. The van der Waals surface area contributed by atoms with E-state index in [1.165, 1.54) is 4.31 Å². The maximum atomic E-state index is 12.7. The molecule has 0 saturated carbocycles. The quantitative estimate of drug-likeness (QED) is 0.751. The molecular formula is C22H28N4O4S. The molecule has 1 saturated heterocycles. The standard InChI is InChI=1S/C22H28N4O4S/c1-31(29,30)26-13-11-19-18(15-26)22(28)24-21(23-19)17-8-5-12-25(14-17)20(27)10-9-16-6-3-2-4-7-16/h2-4,6-7,17H,5,8-15H2,1H3,(H,23,24,28)/t17-/m1/s1. The van der Waals surface area contributed by atoms with Gasteiger partial charge in [-0.2, -0.15) is 4.31 Å². The van der Waals surface area contributed by atoms with Crippen LogP contribution in [0.5, 0.6) is 0 Å². The van der Waals surface area contributed by atoms with Crippen molar-refractivity contribution >= 4 is 15.9 Å². The van der Waals surface area contributed by atoms with E-state index in [9.17, 15) is 18.0 Å². The van der Waals surface area contributed by atoms with Crippen molar-refractivity contribution in [2.45, 2.75) is 44.6 Å². The molecular weight excluding hydrogens is 416 g/mol. The third-order valence-corrected chi connectivity index (χ3v) is 7.40. The fourth-order valence-electron chi connectivity index (χ4n) is 4.38. The monoisotopic (exact) mass is 444 g/mol. The molecule has 2 aliphatic rings. The summed E-state index contributed by atoms with van der Waals surface area (Å²) in [7, 11) is -3.35. The van der Waals surface area contributed by atoms with Crippen molar-refractivity contribution in [2.24, 2.45) is 0 Å². The first-order chi connectivity index (χ1) is 14.8. The summed E-state index contributed by atoms with van der Waals surface area (Å²) < 4.78 is 24.9. The van der Waals surface area contributed by atoms with Gasteiger partial charge in [0.25, 0.3) is 5.56 Å². The number of nitrogens with zero attached hydrogens (tertiary/aromatic N) is 3. The van der Waals surface area contributed by atoms with Crippen LogP contribution in [0.4, 0.5) is 0 Å². The molecule has 1 amide bonds. The second-order valence-electron chi connectivity index (χ2n) is 8.39. The summed E-state index contributed by atoms with van der Waals surface area (Å²) >= 11 is 0. The predicted molar refractivity (Wildman–Crippen MR) is 117 cm³/mol. The molecule has 1 atom stereocenters. The number of likely N-dealkylation sites (tertiary alicyclic amines) is 1. The lowest BCUT2D eigenvalue weighted by Crippen LogP contribution is -2.42. The van der Waals surface area contributed by atoms with E-state index < -0.39 is 10.0 Å². The molecule has 0 radical (unpaired) electrons. The van der Waals surface area contributed by atoms with Crippen LogP contribution < -0.4 is 5.56 Å². The number of hydrogen-bond donors (Lipinski definition) is 1. The van der Waals surface area contributed by atoms with Crippen molar-refractivity contribution in [3.05, 3.63) is 63.3 Å². The van der Waals surface area contributed by atoms with Crippen LogP contribution in [0.3, 0.4) is 0 Å². The zero-order valence-electron chi connectivity index (χ0n) is 17.7. The van der Waals surface area contributed by atoms with Crippen LogP contribution in [-0.2, 0) is 34.2 Å². The molecule has 0 unspecified atom stereocenters. The van der Waals surface area contributed by atoms with Gasteiger partial charge in [-0.05, 0) is 24.8 Å². The number of sulfonamides is 1. The number of hydrogen-bond acceptors (Lipinski definition) is 5. The number of nitrogens with one attached hydrogen (secondary N) is 1. The lowest BCUT2D eigenvalue weighted by Gasteiger charge is -2.33. The third-order valence-electron chi connectivity index (χ3n) is 6.15. The van der Waals surface area contributed by atoms with Crippen LogP contribution in [0.25, 0.3) is 0 Å².